The third-order valence-electron chi connectivity index (χ3n) is 2.65. The minimum Gasteiger partial charge on any atom is -0.478 e. The molecule has 86 valence electrons. The molecule has 0 amide bonds. The van der Waals surface area contributed by atoms with Gasteiger partial charge in [0.05, 0.1) is 5.56 Å². The van der Waals surface area contributed by atoms with Gasteiger partial charge in [0.1, 0.15) is 0 Å². The Morgan fingerprint density at radius 2 is 1.76 bits per heavy atom. The van der Waals surface area contributed by atoms with Crippen molar-refractivity contribution in [3.05, 3.63) is 53.6 Å². The van der Waals surface area contributed by atoms with Crippen molar-refractivity contribution >= 4 is 11.7 Å². The highest BCUT2D eigenvalue weighted by atomic mass is 16.4. The minimum absolute atomic E-state index is 0.278. The number of carbonyl (C=O) groups is 1. The molecule has 2 rings (SSSR count). The second-order valence-corrected chi connectivity index (χ2v) is 3.97. The Bertz CT molecular complexity index is 559. The predicted octanol–water partition coefficient (Wildman–Crippen LogP) is 2.94. The third kappa shape index (κ3) is 2.28. The van der Waals surface area contributed by atoms with E-state index in [0.29, 0.717) is 5.69 Å². The quantitative estimate of drug-likeness (QED) is 0.775. The number of carboxylic acid groups (broad SMARTS) is 1. The maximum Gasteiger partial charge on any atom is 0.335 e. The molecule has 17 heavy (non-hydrogen) atoms. The summed E-state index contributed by atoms with van der Waals surface area (Å²) in [5, 5.41) is 8.82. The number of anilines is 1. The molecule has 0 aliphatic rings. The van der Waals surface area contributed by atoms with Gasteiger partial charge < -0.3 is 10.8 Å². The van der Waals surface area contributed by atoms with E-state index in [1.807, 2.05) is 25.1 Å². The van der Waals surface area contributed by atoms with Crippen LogP contribution in [-0.2, 0) is 0 Å². The smallest absolute Gasteiger partial charge is 0.335 e. The van der Waals surface area contributed by atoms with Crippen molar-refractivity contribution in [3.63, 3.8) is 0 Å². The van der Waals surface area contributed by atoms with Crippen molar-refractivity contribution in [2.45, 2.75) is 6.92 Å². The Kier molecular flexibility index (Phi) is 2.83. The van der Waals surface area contributed by atoms with Gasteiger partial charge in [-0.2, -0.15) is 0 Å². The number of nitrogen functional groups attached to an aromatic ring is 1. The molecule has 0 spiro atoms. The molecule has 0 aromatic heterocycles. The topological polar surface area (TPSA) is 63.3 Å². The Morgan fingerprint density at radius 1 is 1.12 bits per heavy atom. The van der Waals surface area contributed by atoms with Gasteiger partial charge in [0.15, 0.2) is 0 Å². The zero-order chi connectivity index (χ0) is 12.4. The van der Waals surface area contributed by atoms with E-state index in [4.69, 9.17) is 10.8 Å². The summed E-state index contributed by atoms with van der Waals surface area (Å²) in [6.45, 7) is 1.99. The molecule has 3 heteroatoms. The Hall–Kier alpha value is -2.29. The summed E-state index contributed by atoms with van der Waals surface area (Å²) in [6.07, 6.45) is 0. The van der Waals surface area contributed by atoms with Crippen molar-refractivity contribution in [1.82, 2.24) is 0 Å². The largest absolute Gasteiger partial charge is 0.478 e. The highest BCUT2D eigenvalue weighted by Crippen LogP contribution is 2.27. The first-order valence-corrected chi connectivity index (χ1v) is 5.28. The van der Waals surface area contributed by atoms with E-state index in [0.717, 1.165) is 16.7 Å². The number of benzene rings is 2. The third-order valence-corrected chi connectivity index (χ3v) is 2.65. The number of aromatic carboxylic acids is 1. The maximum absolute atomic E-state index is 10.7. The summed E-state index contributed by atoms with van der Waals surface area (Å²) in [6, 6.07) is 12.5. The first-order valence-electron chi connectivity index (χ1n) is 5.28. The van der Waals surface area contributed by atoms with Gasteiger partial charge in [-0.05, 0) is 36.8 Å². The lowest BCUT2D eigenvalue weighted by Gasteiger charge is -2.07. The lowest BCUT2D eigenvalue weighted by atomic mass is 10.0. The number of rotatable bonds is 2. The van der Waals surface area contributed by atoms with Crippen LogP contribution in [0.5, 0.6) is 0 Å². The Balaban J connectivity index is 2.46. The van der Waals surface area contributed by atoms with E-state index < -0.39 is 5.97 Å². The highest BCUT2D eigenvalue weighted by molar-refractivity contribution is 5.88. The van der Waals surface area contributed by atoms with Crippen LogP contribution < -0.4 is 5.73 Å². The van der Waals surface area contributed by atoms with Crippen molar-refractivity contribution in [1.29, 1.82) is 0 Å². The van der Waals surface area contributed by atoms with Gasteiger partial charge in [0.2, 0.25) is 0 Å². The number of aryl methyl sites for hydroxylation is 1. The molecular formula is C14H13NO2. The van der Waals surface area contributed by atoms with Crippen molar-refractivity contribution < 1.29 is 9.90 Å². The summed E-state index contributed by atoms with van der Waals surface area (Å²) >= 11 is 0. The number of nitrogens with two attached hydrogens (primary N) is 1. The van der Waals surface area contributed by atoms with Gasteiger partial charge in [-0.15, -0.1) is 0 Å². The Morgan fingerprint density at radius 3 is 2.35 bits per heavy atom. The van der Waals surface area contributed by atoms with Crippen LogP contribution in [0.3, 0.4) is 0 Å². The molecule has 0 heterocycles. The van der Waals surface area contributed by atoms with E-state index in [2.05, 4.69) is 0 Å². The lowest BCUT2D eigenvalue weighted by molar-refractivity contribution is 0.0697. The van der Waals surface area contributed by atoms with Gasteiger partial charge in [-0.1, -0.05) is 23.8 Å². The molecule has 2 aromatic rings. The van der Waals surface area contributed by atoms with Crippen LogP contribution in [0.1, 0.15) is 15.9 Å². The summed E-state index contributed by atoms with van der Waals surface area (Å²) in [4.78, 5) is 10.7. The maximum atomic E-state index is 10.7. The Labute approximate surface area is 99.5 Å². The summed E-state index contributed by atoms with van der Waals surface area (Å²) in [5.74, 6) is -0.922. The molecule has 0 radical (unpaired) electrons. The SMILES string of the molecule is Cc1ccc(N)c(-c2ccc(C(=O)O)cc2)c1. The van der Waals surface area contributed by atoms with Crippen LogP contribution in [-0.4, -0.2) is 11.1 Å². The molecule has 0 unspecified atom stereocenters. The zero-order valence-electron chi connectivity index (χ0n) is 9.47. The minimum atomic E-state index is -0.922. The van der Waals surface area contributed by atoms with Gasteiger partial charge in [-0.25, -0.2) is 4.79 Å². The van der Waals surface area contributed by atoms with E-state index in [9.17, 15) is 4.79 Å². The first-order chi connectivity index (χ1) is 8.08. The van der Waals surface area contributed by atoms with Gasteiger partial charge >= 0.3 is 5.97 Å². The lowest BCUT2D eigenvalue weighted by Crippen LogP contribution is -1.96. The second-order valence-electron chi connectivity index (χ2n) is 3.97. The number of carboxylic acids is 1. The fraction of sp³-hybridized carbons (Fsp3) is 0.0714. The normalized spacial score (nSPS) is 10.2. The van der Waals surface area contributed by atoms with Crippen LogP contribution >= 0.6 is 0 Å². The van der Waals surface area contributed by atoms with Gasteiger partial charge in [0, 0.05) is 11.3 Å². The average Bonchev–Trinajstić information content (AvgIpc) is 2.32. The molecule has 3 N–H and O–H groups in total. The second kappa shape index (κ2) is 4.29. The van der Waals surface area contributed by atoms with Crippen molar-refractivity contribution in [2.24, 2.45) is 0 Å². The molecule has 3 nitrogen and oxygen atoms in total. The molecule has 0 bridgehead atoms. The van der Waals surface area contributed by atoms with Crippen LogP contribution in [0, 0.1) is 6.92 Å². The number of hydrogen-bond donors (Lipinski definition) is 2. The van der Waals surface area contributed by atoms with Crippen LogP contribution in [0.15, 0.2) is 42.5 Å². The van der Waals surface area contributed by atoms with Crippen LogP contribution in [0.2, 0.25) is 0 Å². The average molecular weight is 227 g/mol. The molecule has 2 aromatic carbocycles. The first kappa shape index (κ1) is 11.2. The molecule has 0 aliphatic heterocycles. The summed E-state index contributed by atoms with van der Waals surface area (Å²) < 4.78 is 0. The van der Waals surface area contributed by atoms with Crippen molar-refractivity contribution in [3.8, 4) is 11.1 Å². The van der Waals surface area contributed by atoms with E-state index in [1.54, 1.807) is 24.3 Å². The highest BCUT2D eigenvalue weighted by Gasteiger charge is 2.05. The molecule has 0 aliphatic carbocycles. The molecule has 0 atom stereocenters. The van der Waals surface area contributed by atoms with E-state index in [1.165, 1.54) is 0 Å². The fourth-order valence-corrected chi connectivity index (χ4v) is 1.71. The molecule has 0 saturated heterocycles. The van der Waals surface area contributed by atoms with E-state index >= 15 is 0 Å². The molecule has 0 fully saturated rings. The van der Waals surface area contributed by atoms with E-state index in [-0.39, 0.29) is 5.56 Å². The predicted molar refractivity (Wildman–Crippen MR) is 68.0 cm³/mol. The van der Waals surface area contributed by atoms with Gasteiger partial charge in [0.25, 0.3) is 0 Å². The molecular weight excluding hydrogens is 214 g/mol. The monoisotopic (exact) mass is 227 g/mol. The van der Waals surface area contributed by atoms with Crippen LogP contribution in [0.25, 0.3) is 11.1 Å². The van der Waals surface area contributed by atoms with Crippen molar-refractivity contribution in [2.75, 3.05) is 5.73 Å². The number of hydrogen-bond acceptors (Lipinski definition) is 2. The summed E-state index contributed by atoms with van der Waals surface area (Å²) in [5.41, 5.74) is 9.86. The summed E-state index contributed by atoms with van der Waals surface area (Å²) in [7, 11) is 0. The van der Waals surface area contributed by atoms with Crippen LogP contribution in [0.4, 0.5) is 5.69 Å². The fourth-order valence-electron chi connectivity index (χ4n) is 1.71. The van der Waals surface area contributed by atoms with Gasteiger partial charge in [-0.3, -0.25) is 0 Å². The zero-order valence-corrected chi connectivity index (χ0v) is 9.47. The standard InChI is InChI=1S/C14H13NO2/c1-9-2-7-13(15)12(8-9)10-3-5-11(6-4-10)14(16)17/h2-8H,15H2,1H3,(H,16,17). The molecule has 0 saturated carbocycles.